The molecule has 3 heterocycles. The number of carbonyl (C=O) groups excluding carboxylic acids is 1. The van der Waals surface area contributed by atoms with E-state index < -0.39 is 0 Å². The molecule has 0 saturated heterocycles. The molecule has 4 aromatic rings. The summed E-state index contributed by atoms with van der Waals surface area (Å²) in [6, 6.07) is 9.42. The Balaban J connectivity index is 1.49. The SMILES string of the molecule is O=C(NCc1ccco1)c1ccc2[nH]c3c(c2c1)CCc1cn[nH]c1-3. The normalized spacial score (nSPS) is 12.8. The summed E-state index contributed by atoms with van der Waals surface area (Å²) in [5, 5.41) is 11.2. The number of aromatic nitrogens is 3. The standard InChI is InChI=1S/C19H16N4O2/c24-19(20-10-13-2-1-7-25-13)11-4-6-16-15(8-11)14-5-3-12-9-21-23-17(12)18(14)22-16/h1-2,4,6-9,22H,3,5,10H2,(H,20,24)(H,21,23). The number of aryl methyl sites for hydroxylation is 2. The van der Waals surface area contributed by atoms with Gasteiger partial charge in [-0.15, -0.1) is 0 Å². The second kappa shape index (κ2) is 5.37. The molecule has 3 N–H and O–H groups in total. The Morgan fingerprint density at radius 2 is 2.20 bits per heavy atom. The van der Waals surface area contributed by atoms with Gasteiger partial charge in [0.25, 0.3) is 5.91 Å². The number of H-pyrrole nitrogens is 2. The van der Waals surface area contributed by atoms with Gasteiger partial charge in [-0.3, -0.25) is 9.89 Å². The average molecular weight is 332 g/mol. The summed E-state index contributed by atoms with van der Waals surface area (Å²) >= 11 is 0. The molecule has 0 unspecified atom stereocenters. The third kappa shape index (κ3) is 2.26. The van der Waals surface area contributed by atoms with E-state index in [1.807, 2.05) is 36.5 Å². The third-order valence-electron chi connectivity index (χ3n) is 4.78. The molecule has 1 aliphatic carbocycles. The van der Waals surface area contributed by atoms with Gasteiger partial charge in [-0.25, -0.2) is 0 Å². The molecule has 3 aromatic heterocycles. The van der Waals surface area contributed by atoms with Crippen LogP contribution in [0.1, 0.15) is 27.2 Å². The van der Waals surface area contributed by atoms with E-state index in [1.165, 1.54) is 11.1 Å². The first-order chi connectivity index (χ1) is 12.3. The summed E-state index contributed by atoms with van der Waals surface area (Å²) in [6.07, 6.45) is 5.39. The Bertz CT molecular complexity index is 1070. The van der Waals surface area contributed by atoms with Crippen LogP contribution in [-0.2, 0) is 19.4 Å². The highest BCUT2D eigenvalue weighted by Gasteiger charge is 2.22. The molecule has 6 nitrogen and oxygen atoms in total. The number of nitrogens with zero attached hydrogens (tertiary/aromatic N) is 1. The van der Waals surface area contributed by atoms with Crippen LogP contribution in [0.2, 0.25) is 0 Å². The largest absolute Gasteiger partial charge is 0.467 e. The van der Waals surface area contributed by atoms with E-state index in [-0.39, 0.29) is 5.91 Å². The molecule has 0 saturated carbocycles. The van der Waals surface area contributed by atoms with Gasteiger partial charge < -0.3 is 14.7 Å². The Morgan fingerprint density at radius 3 is 3.08 bits per heavy atom. The van der Waals surface area contributed by atoms with Crippen molar-refractivity contribution in [3.05, 3.63) is 65.2 Å². The van der Waals surface area contributed by atoms with Crippen LogP contribution < -0.4 is 5.32 Å². The predicted molar refractivity (Wildman–Crippen MR) is 93.2 cm³/mol. The van der Waals surface area contributed by atoms with E-state index in [2.05, 4.69) is 20.5 Å². The number of carbonyl (C=O) groups is 1. The topological polar surface area (TPSA) is 86.7 Å². The maximum atomic E-state index is 12.5. The fourth-order valence-electron chi connectivity index (χ4n) is 3.52. The van der Waals surface area contributed by atoms with E-state index >= 15 is 0 Å². The maximum absolute atomic E-state index is 12.5. The molecule has 1 aliphatic rings. The molecule has 124 valence electrons. The molecule has 0 bridgehead atoms. The van der Waals surface area contributed by atoms with Gasteiger partial charge in [0, 0.05) is 16.5 Å². The number of hydrogen-bond donors (Lipinski definition) is 3. The van der Waals surface area contributed by atoms with Crippen molar-refractivity contribution in [1.82, 2.24) is 20.5 Å². The zero-order valence-corrected chi connectivity index (χ0v) is 13.4. The summed E-state index contributed by atoms with van der Waals surface area (Å²) in [5.41, 5.74) is 6.30. The predicted octanol–water partition coefficient (Wildman–Crippen LogP) is 3.18. The molecule has 0 aliphatic heterocycles. The summed E-state index contributed by atoms with van der Waals surface area (Å²) in [5.74, 6) is 0.631. The number of furan rings is 1. The van der Waals surface area contributed by atoms with Crippen LogP contribution in [0.4, 0.5) is 0 Å². The average Bonchev–Trinajstić information content (AvgIpc) is 3.36. The minimum atomic E-state index is -0.105. The quantitative estimate of drug-likeness (QED) is 0.538. The van der Waals surface area contributed by atoms with Gasteiger partial charge >= 0.3 is 0 Å². The first-order valence-corrected chi connectivity index (χ1v) is 8.27. The number of fused-ring (bicyclic) bond motifs is 5. The number of hydrogen-bond acceptors (Lipinski definition) is 3. The minimum Gasteiger partial charge on any atom is -0.467 e. The van der Waals surface area contributed by atoms with Crippen molar-refractivity contribution < 1.29 is 9.21 Å². The molecule has 0 radical (unpaired) electrons. The second-order valence-corrected chi connectivity index (χ2v) is 6.27. The summed E-state index contributed by atoms with van der Waals surface area (Å²) < 4.78 is 5.25. The monoisotopic (exact) mass is 332 g/mol. The van der Waals surface area contributed by atoms with Crippen molar-refractivity contribution >= 4 is 16.8 Å². The van der Waals surface area contributed by atoms with E-state index in [0.29, 0.717) is 12.1 Å². The molecule has 5 rings (SSSR count). The van der Waals surface area contributed by atoms with Crippen molar-refractivity contribution in [2.45, 2.75) is 19.4 Å². The summed E-state index contributed by atoms with van der Waals surface area (Å²) in [4.78, 5) is 15.9. The number of nitrogens with one attached hydrogen (secondary N) is 3. The van der Waals surface area contributed by atoms with Gasteiger partial charge in [0.15, 0.2) is 0 Å². The molecule has 0 spiro atoms. The summed E-state index contributed by atoms with van der Waals surface area (Å²) in [6.45, 7) is 0.382. The van der Waals surface area contributed by atoms with Crippen molar-refractivity contribution in [3.8, 4) is 11.4 Å². The fraction of sp³-hybridized carbons (Fsp3) is 0.158. The molecule has 6 heteroatoms. The van der Waals surface area contributed by atoms with Crippen LogP contribution in [0.25, 0.3) is 22.3 Å². The van der Waals surface area contributed by atoms with Gasteiger partial charge in [-0.1, -0.05) is 0 Å². The van der Waals surface area contributed by atoms with Crippen LogP contribution >= 0.6 is 0 Å². The number of aromatic amines is 2. The lowest BCUT2D eigenvalue weighted by Crippen LogP contribution is -2.22. The van der Waals surface area contributed by atoms with Crippen molar-refractivity contribution in [3.63, 3.8) is 0 Å². The van der Waals surface area contributed by atoms with Gasteiger partial charge in [0.2, 0.25) is 0 Å². The van der Waals surface area contributed by atoms with Crippen LogP contribution in [0.15, 0.2) is 47.2 Å². The van der Waals surface area contributed by atoms with Gasteiger partial charge in [-0.2, -0.15) is 5.10 Å². The van der Waals surface area contributed by atoms with Gasteiger partial charge in [0.1, 0.15) is 5.76 Å². The lowest BCUT2D eigenvalue weighted by Gasteiger charge is -2.11. The van der Waals surface area contributed by atoms with E-state index in [9.17, 15) is 4.79 Å². The van der Waals surface area contributed by atoms with Crippen LogP contribution in [0.3, 0.4) is 0 Å². The van der Waals surface area contributed by atoms with Crippen molar-refractivity contribution in [2.24, 2.45) is 0 Å². The lowest BCUT2D eigenvalue weighted by atomic mass is 9.93. The Labute approximate surface area is 143 Å². The molecule has 1 aromatic carbocycles. The highest BCUT2D eigenvalue weighted by molar-refractivity contribution is 6.00. The molecular weight excluding hydrogens is 316 g/mol. The first-order valence-electron chi connectivity index (χ1n) is 8.27. The van der Waals surface area contributed by atoms with Crippen molar-refractivity contribution in [2.75, 3.05) is 0 Å². The first kappa shape index (κ1) is 14.1. The Morgan fingerprint density at radius 1 is 1.24 bits per heavy atom. The number of benzene rings is 1. The maximum Gasteiger partial charge on any atom is 0.251 e. The Kier molecular flexibility index (Phi) is 3.03. The zero-order valence-electron chi connectivity index (χ0n) is 13.4. The molecule has 1 amide bonds. The van der Waals surface area contributed by atoms with E-state index in [4.69, 9.17) is 4.42 Å². The van der Waals surface area contributed by atoms with Crippen molar-refractivity contribution in [1.29, 1.82) is 0 Å². The molecule has 0 atom stereocenters. The molecule has 0 fully saturated rings. The zero-order chi connectivity index (χ0) is 16.8. The van der Waals surface area contributed by atoms with Gasteiger partial charge in [-0.05, 0) is 54.3 Å². The van der Waals surface area contributed by atoms with Crippen LogP contribution in [-0.4, -0.2) is 21.1 Å². The molecule has 25 heavy (non-hydrogen) atoms. The Hall–Kier alpha value is -3.28. The van der Waals surface area contributed by atoms with E-state index in [0.717, 1.165) is 40.9 Å². The van der Waals surface area contributed by atoms with Gasteiger partial charge in [0.05, 0.1) is 30.4 Å². The third-order valence-corrected chi connectivity index (χ3v) is 4.78. The smallest absolute Gasteiger partial charge is 0.251 e. The molecular formula is C19H16N4O2. The minimum absolute atomic E-state index is 0.105. The van der Waals surface area contributed by atoms with E-state index in [1.54, 1.807) is 6.26 Å². The summed E-state index contributed by atoms with van der Waals surface area (Å²) in [7, 11) is 0. The van der Waals surface area contributed by atoms with Crippen LogP contribution in [0.5, 0.6) is 0 Å². The lowest BCUT2D eigenvalue weighted by molar-refractivity contribution is 0.0948. The second-order valence-electron chi connectivity index (χ2n) is 6.27. The highest BCUT2D eigenvalue weighted by atomic mass is 16.3. The number of amides is 1. The highest BCUT2D eigenvalue weighted by Crippen LogP contribution is 2.36. The fourth-order valence-corrected chi connectivity index (χ4v) is 3.52. The number of rotatable bonds is 3. The van der Waals surface area contributed by atoms with Crippen LogP contribution in [0, 0.1) is 0 Å².